The summed E-state index contributed by atoms with van der Waals surface area (Å²) in [6.07, 6.45) is 0. The molecule has 0 saturated heterocycles. The molecule has 0 radical (unpaired) electrons. The van der Waals surface area contributed by atoms with Gasteiger partial charge in [-0.3, -0.25) is 9.36 Å². The Kier molecular flexibility index (Phi) is 8.26. The Morgan fingerprint density at radius 3 is 2.05 bits per heavy atom. The van der Waals surface area contributed by atoms with Gasteiger partial charge in [-0.15, -0.1) is 0 Å². The fourth-order valence-electron chi connectivity index (χ4n) is 3.99. The Morgan fingerprint density at radius 1 is 0.895 bits per heavy atom. The maximum Gasteiger partial charge on any atom is 0.261 e. The molecule has 3 aromatic carbocycles. The normalized spacial score (nSPS) is 13.2. The number of rotatable bonds is 9. The summed E-state index contributed by atoms with van der Waals surface area (Å²) in [5.41, 5.74) is 0.0921. The number of halogens is 2. The first-order chi connectivity index (χ1) is 17.9. The highest BCUT2D eigenvalue weighted by Gasteiger charge is 2.32. The maximum absolute atomic E-state index is 13.8. The van der Waals surface area contributed by atoms with Crippen LogP contribution in [0, 0.1) is 0 Å². The summed E-state index contributed by atoms with van der Waals surface area (Å²) >= 11 is 11.8. The SMILES string of the molecule is CC(c1nc2ccccc2c(=O)n1C)N(CCNS(=O)(=O)c1ccc(Cl)cc1)S(=O)(=O)c1ccc(Cl)cc1. The van der Waals surface area contributed by atoms with Crippen molar-refractivity contribution in [3.05, 3.63) is 99.0 Å². The van der Waals surface area contributed by atoms with Crippen LogP contribution in [0.1, 0.15) is 18.8 Å². The second-order valence-electron chi connectivity index (χ2n) is 8.45. The lowest BCUT2D eigenvalue weighted by Crippen LogP contribution is -2.41. The maximum atomic E-state index is 13.8. The predicted molar refractivity (Wildman–Crippen MR) is 147 cm³/mol. The van der Waals surface area contributed by atoms with Crippen LogP contribution >= 0.6 is 23.2 Å². The zero-order valence-electron chi connectivity index (χ0n) is 20.4. The number of para-hydroxylation sites is 1. The average Bonchev–Trinajstić information content (AvgIpc) is 2.89. The van der Waals surface area contributed by atoms with Crippen molar-refractivity contribution in [3.8, 4) is 0 Å². The molecule has 0 spiro atoms. The molecule has 0 aliphatic carbocycles. The van der Waals surface area contributed by atoms with E-state index in [1.165, 1.54) is 60.1 Å². The lowest BCUT2D eigenvalue weighted by atomic mass is 10.2. The first kappa shape index (κ1) is 28.2. The number of nitrogens with zero attached hydrogens (tertiary/aromatic N) is 3. The number of fused-ring (bicyclic) bond motifs is 1. The van der Waals surface area contributed by atoms with Gasteiger partial charge in [-0.1, -0.05) is 35.3 Å². The van der Waals surface area contributed by atoms with Crippen molar-refractivity contribution >= 4 is 54.2 Å². The molecule has 0 fully saturated rings. The van der Waals surface area contributed by atoms with E-state index < -0.39 is 26.1 Å². The van der Waals surface area contributed by atoms with Crippen LogP contribution in [0.2, 0.25) is 10.0 Å². The van der Waals surface area contributed by atoms with Gasteiger partial charge in [0.1, 0.15) is 5.82 Å². The van der Waals surface area contributed by atoms with E-state index in [1.807, 2.05) is 0 Å². The summed E-state index contributed by atoms with van der Waals surface area (Å²) in [7, 11) is -6.59. The van der Waals surface area contributed by atoms with Gasteiger partial charge in [0, 0.05) is 30.2 Å². The van der Waals surface area contributed by atoms with Gasteiger partial charge in [-0.25, -0.2) is 26.5 Å². The van der Waals surface area contributed by atoms with Gasteiger partial charge in [0.05, 0.1) is 26.7 Å². The molecule has 200 valence electrons. The van der Waals surface area contributed by atoms with E-state index in [0.29, 0.717) is 20.9 Å². The van der Waals surface area contributed by atoms with Crippen LogP contribution in [0.3, 0.4) is 0 Å². The molecule has 4 aromatic rings. The zero-order chi connectivity index (χ0) is 27.7. The lowest BCUT2D eigenvalue weighted by Gasteiger charge is -2.29. The van der Waals surface area contributed by atoms with Crippen LogP contribution in [0.15, 0.2) is 87.4 Å². The Balaban J connectivity index is 1.71. The van der Waals surface area contributed by atoms with E-state index in [9.17, 15) is 21.6 Å². The minimum Gasteiger partial charge on any atom is -0.298 e. The van der Waals surface area contributed by atoms with Gasteiger partial charge in [-0.05, 0) is 67.6 Å². The number of nitrogens with one attached hydrogen (secondary N) is 1. The predicted octanol–water partition coefficient (Wildman–Crippen LogP) is 3.97. The summed E-state index contributed by atoms with van der Waals surface area (Å²) < 4.78 is 57.9. The number of hydrogen-bond acceptors (Lipinski definition) is 6. The van der Waals surface area contributed by atoms with Crippen molar-refractivity contribution in [1.29, 1.82) is 0 Å². The molecule has 38 heavy (non-hydrogen) atoms. The first-order valence-corrected chi connectivity index (χ1v) is 15.1. The monoisotopic (exact) mass is 594 g/mol. The highest BCUT2D eigenvalue weighted by atomic mass is 35.5. The smallest absolute Gasteiger partial charge is 0.261 e. The van der Waals surface area contributed by atoms with Gasteiger partial charge in [0.15, 0.2) is 0 Å². The topological polar surface area (TPSA) is 118 Å². The number of sulfonamides is 2. The summed E-state index contributed by atoms with van der Waals surface area (Å²) in [4.78, 5) is 17.5. The summed E-state index contributed by atoms with van der Waals surface area (Å²) in [5.74, 6) is 0.201. The van der Waals surface area contributed by atoms with Gasteiger partial charge in [-0.2, -0.15) is 4.31 Å². The molecular formula is C25H24Cl2N4O5S2. The fourth-order valence-corrected chi connectivity index (χ4v) is 6.85. The molecule has 9 nitrogen and oxygen atoms in total. The molecular weight excluding hydrogens is 571 g/mol. The molecule has 0 saturated carbocycles. The van der Waals surface area contributed by atoms with E-state index in [2.05, 4.69) is 9.71 Å². The zero-order valence-corrected chi connectivity index (χ0v) is 23.5. The fraction of sp³-hybridized carbons (Fsp3) is 0.200. The Labute approximate surface area is 230 Å². The number of aromatic nitrogens is 2. The van der Waals surface area contributed by atoms with Crippen LogP contribution in [-0.4, -0.2) is 43.8 Å². The lowest BCUT2D eigenvalue weighted by molar-refractivity contribution is 0.327. The van der Waals surface area contributed by atoms with E-state index in [4.69, 9.17) is 23.2 Å². The van der Waals surface area contributed by atoms with Crippen molar-refractivity contribution in [1.82, 2.24) is 18.6 Å². The molecule has 1 heterocycles. The van der Waals surface area contributed by atoms with E-state index in [0.717, 1.165) is 4.31 Å². The van der Waals surface area contributed by atoms with Crippen LogP contribution in [-0.2, 0) is 27.1 Å². The van der Waals surface area contributed by atoms with Gasteiger partial charge in [0.2, 0.25) is 20.0 Å². The quantitative estimate of drug-likeness (QED) is 0.313. The Bertz CT molecular complexity index is 1740. The third-order valence-electron chi connectivity index (χ3n) is 5.99. The van der Waals surface area contributed by atoms with Crippen LogP contribution in [0.4, 0.5) is 0 Å². The van der Waals surface area contributed by atoms with E-state index >= 15 is 0 Å². The van der Waals surface area contributed by atoms with Gasteiger partial charge < -0.3 is 0 Å². The molecule has 13 heteroatoms. The van der Waals surface area contributed by atoms with Crippen LogP contribution in [0.25, 0.3) is 10.9 Å². The summed E-state index contributed by atoms with van der Waals surface area (Å²) in [6, 6.07) is 17.1. The van der Waals surface area contributed by atoms with Crippen LogP contribution < -0.4 is 10.3 Å². The molecule has 0 aliphatic heterocycles. The standard InChI is InChI=1S/C25H24Cl2N4O5S2/c1-17(24-29-23-6-4-3-5-22(23)25(32)30(24)2)31(38(35,36)21-13-9-19(27)10-14-21)16-15-28-37(33,34)20-11-7-18(26)8-12-20/h3-14,17,28H,15-16H2,1-2H3. The third kappa shape index (κ3) is 5.78. The van der Waals surface area contributed by atoms with Crippen LogP contribution in [0.5, 0.6) is 0 Å². The number of hydrogen-bond donors (Lipinski definition) is 1. The molecule has 4 rings (SSSR count). The second kappa shape index (κ2) is 11.1. The molecule has 1 aromatic heterocycles. The Morgan fingerprint density at radius 2 is 1.45 bits per heavy atom. The van der Waals surface area contributed by atoms with Gasteiger partial charge >= 0.3 is 0 Å². The van der Waals surface area contributed by atoms with Crippen molar-refractivity contribution in [2.24, 2.45) is 7.05 Å². The molecule has 1 unspecified atom stereocenters. The largest absolute Gasteiger partial charge is 0.298 e. The molecule has 0 aliphatic rings. The number of benzene rings is 3. The molecule has 1 N–H and O–H groups in total. The van der Waals surface area contributed by atoms with Crippen molar-refractivity contribution in [2.75, 3.05) is 13.1 Å². The third-order valence-corrected chi connectivity index (χ3v) is 9.96. The molecule has 1 atom stereocenters. The Hall–Kier alpha value is -2.80. The van der Waals surface area contributed by atoms with Crippen molar-refractivity contribution < 1.29 is 16.8 Å². The summed E-state index contributed by atoms with van der Waals surface area (Å²) in [5, 5.41) is 1.14. The molecule has 0 bridgehead atoms. The average molecular weight is 596 g/mol. The second-order valence-corrected chi connectivity index (χ2v) is 13.0. The summed E-state index contributed by atoms with van der Waals surface area (Å²) in [6.45, 7) is 1.10. The van der Waals surface area contributed by atoms with Crippen molar-refractivity contribution in [2.45, 2.75) is 22.8 Å². The highest BCUT2D eigenvalue weighted by molar-refractivity contribution is 7.89. The first-order valence-electron chi connectivity index (χ1n) is 11.4. The van der Waals surface area contributed by atoms with Gasteiger partial charge in [0.25, 0.3) is 5.56 Å². The van der Waals surface area contributed by atoms with Crippen molar-refractivity contribution in [3.63, 3.8) is 0 Å². The minimum absolute atomic E-state index is 0.0133. The molecule has 0 amide bonds. The van der Waals surface area contributed by atoms with E-state index in [1.54, 1.807) is 31.2 Å². The van der Waals surface area contributed by atoms with E-state index in [-0.39, 0.29) is 34.3 Å². The highest BCUT2D eigenvalue weighted by Crippen LogP contribution is 2.27. The minimum atomic E-state index is -4.17.